The monoisotopic (exact) mass is 262 g/mol. The van der Waals surface area contributed by atoms with E-state index in [1.165, 1.54) is 19.3 Å². The second-order valence-electron chi connectivity index (χ2n) is 5.55. The number of aromatic nitrogens is 2. The van der Waals surface area contributed by atoms with Gasteiger partial charge in [0.15, 0.2) is 0 Å². The lowest BCUT2D eigenvalue weighted by Gasteiger charge is -2.26. The predicted molar refractivity (Wildman–Crippen MR) is 79.3 cm³/mol. The van der Waals surface area contributed by atoms with E-state index >= 15 is 0 Å². The Kier molecular flexibility index (Phi) is 4.75. The quantitative estimate of drug-likeness (QED) is 0.855. The van der Waals surface area contributed by atoms with Crippen LogP contribution in [0.25, 0.3) is 0 Å². The first kappa shape index (κ1) is 14.3. The van der Waals surface area contributed by atoms with E-state index < -0.39 is 0 Å². The summed E-state index contributed by atoms with van der Waals surface area (Å²) in [5, 5.41) is 3.29. The Hall–Kier alpha value is -1.16. The van der Waals surface area contributed by atoms with Crippen LogP contribution in [0.3, 0.4) is 0 Å². The van der Waals surface area contributed by atoms with Crippen molar-refractivity contribution in [3.63, 3.8) is 0 Å². The van der Waals surface area contributed by atoms with Gasteiger partial charge in [0, 0.05) is 37.6 Å². The lowest BCUT2D eigenvalue weighted by atomic mass is 9.82. The number of hydrogen-bond acceptors (Lipinski definition) is 4. The van der Waals surface area contributed by atoms with Gasteiger partial charge in [-0.25, -0.2) is 9.97 Å². The van der Waals surface area contributed by atoms with Gasteiger partial charge < -0.3 is 10.2 Å². The van der Waals surface area contributed by atoms with Gasteiger partial charge in [0.05, 0.1) is 0 Å². The van der Waals surface area contributed by atoms with E-state index in [2.05, 4.69) is 41.0 Å². The Morgan fingerprint density at radius 2 is 1.89 bits per heavy atom. The zero-order valence-corrected chi connectivity index (χ0v) is 12.4. The molecule has 1 N–H and O–H groups in total. The summed E-state index contributed by atoms with van der Waals surface area (Å²) in [6.45, 7) is 10.7. The minimum atomic E-state index is 0.478. The average molecular weight is 262 g/mol. The van der Waals surface area contributed by atoms with Crippen LogP contribution in [-0.4, -0.2) is 29.6 Å². The van der Waals surface area contributed by atoms with Crippen molar-refractivity contribution in [3.8, 4) is 0 Å². The van der Waals surface area contributed by atoms with Crippen LogP contribution in [0.5, 0.6) is 0 Å². The number of anilines is 1. The molecule has 0 radical (unpaired) electrons. The number of rotatable bonds is 6. The number of nitrogens with zero attached hydrogens (tertiary/aromatic N) is 3. The molecule has 1 aliphatic rings. The smallest absolute Gasteiger partial charge is 0.225 e. The first-order valence-electron chi connectivity index (χ1n) is 7.49. The molecule has 0 spiro atoms. The zero-order chi connectivity index (χ0) is 13.7. The molecule has 0 bridgehead atoms. The van der Waals surface area contributed by atoms with Gasteiger partial charge in [-0.2, -0.15) is 0 Å². The molecule has 1 saturated heterocycles. The molecule has 106 valence electrons. The summed E-state index contributed by atoms with van der Waals surface area (Å²) >= 11 is 0. The lowest BCUT2D eigenvalue weighted by molar-refractivity contribution is 0.301. The fourth-order valence-electron chi connectivity index (χ4n) is 2.80. The molecule has 1 aromatic heterocycles. The van der Waals surface area contributed by atoms with E-state index in [1.807, 2.05) is 12.4 Å². The summed E-state index contributed by atoms with van der Waals surface area (Å²) in [6, 6.07) is 0. The van der Waals surface area contributed by atoms with Crippen LogP contribution in [0.2, 0.25) is 0 Å². The molecule has 4 heteroatoms. The molecule has 1 fully saturated rings. The summed E-state index contributed by atoms with van der Waals surface area (Å²) in [7, 11) is 0. The second-order valence-corrected chi connectivity index (χ2v) is 5.55. The van der Waals surface area contributed by atoms with Crippen molar-refractivity contribution in [1.29, 1.82) is 0 Å². The largest absolute Gasteiger partial charge is 0.340 e. The third-order valence-electron chi connectivity index (χ3n) is 4.49. The van der Waals surface area contributed by atoms with E-state index in [-0.39, 0.29) is 0 Å². The highest BCUT2D eigenvalue weighted by molar-refractivity contribution is 5.32. The van der Waals surface area contributed by atoms with Gasteiger partial charge in [0.1, 0.15) is 0 Å². The molecule has 1 aliphatic heterocycles. The molecule has 0 aromatic carbocycles. The maximum absolute atomic E-state index is 4.52. The van der Waals surface area contributed by atoms with Crippen molar-refractivity contribution in [2.75, 3.05) is 24.5 Å². The molecule has 0 atom stereocenters. The fraction of sp³-hybridized carbons (Fsp3) is 0.733. The Balaban J connectivity index is 1.99. The molecule has 0 amide bonds. The molecule has 19 heavy (non-hydrogen) atoms. The van der Waals surface area contributed by atoms with Crippen molar-refractivity contribution in [1.82, 2.24) is 15.3 Å². The standard InChI is InChI=1S/C15H26N4/c1-4-15(5-2)7-8-19(12-15)14-17-10-13(11-18-14)9-16-6-3/h10-11,16H,4-9,12H2,1-3H3. The highest BCUT2D eigenvalue weighted by Gasteiger charge is 2.35. The molecule has 1 aromatic rings. The van der Waals surface area contributed by atoms with Crippen molar-refractivity contribution < 1.29 is 0 Å². The lowest BCUT2D eigenvalue weighted by Crippen LogP contribution is -2.27. The van der Waals surface area contributed by atoms with Gasteiger partial charge in [-0.15, -0.1) is 0 Å². The molecule has 2 rings (SSSR count). The molecule has 4 nitrogen and oxygen atoms in total. The van der Waals surface area contributed by atoms with E-state index in [1.54, 1.807) is 0 Å². The van der Waals surface area contributed by atoms with Crippen LogP contribution in [-0.2, 0) is 6.54 Å². The summed E-state index contributed by atoms with van der Waals surface area (Å²) in [6.07, 6.45) is 7.66. The topological polar surface area (TPSA) is 41.1 Å². The minimum Gasteiger partial charge on any atom is -0.340 e. The Morgan fingerprint density at radius 3 is 2.42 bits per heavy atom. The third kappa shape index (κ3) is 3.24. The van der Waals surface area contributed by atoms with Crippen LogP contribution in [0, 0.1) is 5.41 Å². The molecule has 2 heterocycles. The molecular weight excluding hydrogens is 236 g/mol. The Labute approximate surface area is 116 Å². The molecule has 0 saturated carbocycles. The zero-order valence-electron chi connectivity index (χ0n) is 12.4. The first-order valence-corrected chi connectivity index (χ1v) is 7.49. The van der Waals surface area contributed by atoms with Gasteiger partial charge in [0.2, 0.25) is 5.95 Å². The van der Waals surface area contributed by atoms with Crippen molar-refractivity contribution >= 4 is 5.95 Å². The Morgan fingerprint density at radius 1 is 1.21 bits per heavy atom. The summed E-state index contributed by atoms with van der Waals surface area (Å²) < 4.78 is 0. The van der Waals surface area contributed by atoms with E-state index in [4.69, 9.17) is 0 Å². The highest BCUT2D eigenvalue weighted by Crippen LogP contribution is 2.37. The van der Waals surface area contributed by atoms with Crippen LogP contribution in [0.15, 0.2) is 12.4 Å². The first-order chi connectivity index (χ1) is 9.23. The molecule has 0 aliphatic carbocycles. The van der Waals surface area contributed by atoms with Crippen LogP contribution in [0.1, 0.15) is 45.6 Å². The van der Waals surface area contributed by atoms with Gasteiger partial charge in [0.25, 0.3) is 0 Å². The fourth-order valence-corrected chi connectivity index (χ4v) is 2.80. The van der Waals surface area contributed by atoms with E-state index in [0.29, 0.717) is 5.41 Å². The third-order valence-corrected chi connectivity index (χ3v) is 4.49. The number of hydrogen-bond donors (Lipinski definition) is 1. The predicted octanol–water partition coefficient (Wildman–Crippen LogP) is 2.60. The average Bonchev–Trinajstić information content (AvgIpc) is 2.91. The SMILES string of the molecule is CCNCc1cnc(N2CCC(CC)(CC)C2)nc1. The van der Waals surface area contributed by atoms with E-state index in [9.17, 15) is 0 Å². The van der Waals surface area contributed by atoms with Crippen molar-refractivity contribution in [3.05, 3.63) is 18.0 Å². The minimum absolute atomic E-state index is 0.478. The highest BCUT2D eigenvalue weighted by atomic mass is 15.3. The number of nitrogens with one attached hydrogen (secondary N) is 1. The second kappa shape index (κ2) is 6.33. The summed E-state index contributed by atoms with van der Waals surface area (Å²) in [4.78, 5) is 11.4. The van der Waals surface area contributed by atoms with Gasteiger partial charge in [-0.1, -0.05) is 20.8 Å². The van der Waals surface area contributed by atoms with Gasteiger partial charge in [-0.3, -0.25) is 0 Å². The summed E-state index contributed by atoms with van der Waals surface area (Å²) in [5.74, 6) is 0.893. The van der Waals surface area contributed by atoms with Gasteiger partial charge in [-0.05, 0) is 31.2 Å². The van der Waals surface area contributed by atoms with Crippen LogP contribution < -0.4 is 10.2 Å². The van der Waals surface area contributed by atoms with Gasteiger partial charge >= 0.3 is 0 Å². The normalized spacial score (nSPS) is 17.9. The maximum atomic E-state index is 4.52. The molecule has 0 unspecified atom stereocenters. The maximum Gasteiger partial charge on any atom is 0.225 e. The van der Waals surface area contributed by atoms with E-state index in [0.717, 1.165) is 37.7 Å². The molecular formula is C15H26N4. The van der Waals surface area contributed by atoms with Crippen LogP contribution >= 0.6 is 0 Å². The Bertz CT molecular complexity index is 384. The summed E-state index contributed by atoms with van der Waals surface area (Å²) in [5.41, 5.74) is 1.63. The van der Waals surface area contributed by atoms with Crippen molar-refractivity contribution in [2.45, 2.75) is 46.6 Å². The van der Waals surface area contributed by atoms with Crippen LogP contribution in [0.4, 0.5) is 5.95 Å². The van der Waals surface area contributed by atoms with Crippen molar-refractivity contribution in [2.24, 2.45) is 5.41 Å².